The Morgan fingerprint density at radius 3 is 2.25 bits per heavy atom. The molecule has 8 heteroatoms. The van der Waals surface area contributed by atoms with Crippen LogP contribution in [-0.4, -0.2) is 17.6 Å². The number of halogens is 1. The van der Waals surface area contributed by atoms with Gasteiger partial charge in [0.25, 0.3) is 5.91 Å². The molecule has 4 N–H and O–H groups in total. The van der Waals surface area contributed by atoms with E-state index >= 15 is 0 Å². The summed E-state index contributed by atoms with van der Waals surface area (Å²) in [6, 6.07) is 16.9. The number of benzene rings is 3. The molecule has 0 bridgehead atoms. The molecule has 0 fully saturated rings. The molecule has 0 unspecified atom stereocenters. The Kier molecular flexibility index (Phi) is 6.63. The minimum atomic E-state index is -0.592. The highest BCUT2D eigenvalue weighted by atomic mass is 19.1. The SMILES string of the molecule is CC(C)(C)OC(=O)Nc1ccc(Oc2ccc(C(=O)Nc3cccc(F)c3)cc2N)cc1. The zero-order valence-electron chi connectivity index (χ0n) is 17.9. The second-order valence-electron chi connectivity index (χ2n) is 7.97. The molecule has 0 saturated heterocycles. The number of carbonyl (C=O) groups excluding carboxylic acids is 2. The lowest BCUT2D eigenvalue weighted by Crippen LogP contribution is -2.27. The summed E-state index contributed by atoms with van der Waals surface area (Å²) in [4.78, 5) is 24.2. The van der Waals surface area contributed by atoms with Crippen molar-refractivity contribution in [3.8, 4) is 11.5 Å². The fourth-order valence-corrected chi connectivity index (χ4v) is 2.71. The average Bonchev–Trinajstić information content (AvgIpc) is 2.69. The molecule has 7 nitrogen and oxygen atoms in total. The first-order valence-electron chi connectivity index (χ1n) is 9.83. The maximum Gasteiger partial charge on any atom is 0.412 e. The Morgan fingerprint density at radius 2 is 1.62 bits per heavy atom. The van der Waals surface area contributed by atoms with Crippen molar-refractivity contribution >= 4 is 29.1 Å². The summed E-state index contributed by atoms with van der Waals surface area (Å²) >= 11 is 0. The predicted molar refractivity (Wildman–Crippen MR) is 122 cm³/mol. The molecule has 0 aliphatic rings. The van der Waals surface area contributed by atoms with Crippen molar-refractivity contribution in [3.05, 3.63) is 78.1 Å². The Morgan fingerprint density at radius 1 is 0.906 bits per heavy atom. The molecule has 0 atom stereocenters. The van der Waals surface area contributed by atoms with E-state index in [1.807, 2.05) is 0 Å². The van der Waals surface area contributed by atoms with Gasteiger partial charge in [0.05, 0.1) is 5.69 Å². The molecule has 0 aliphatic carbocycles. The Balaban J connectivity index is 1.63. The van der Waals surface area contributed by atoms with E-state index in [4.69, 9.17) is 15.2 Å². The van der Waals surface area contributed by atoms with Crippen molar-refractivity contribution < 1.29 is 23.5 Å². The van der Waals surface area contributed by atoms with Crippen LogP contribution < -0.4 is 21.1 Å². The first-order valence-corrected chi connectivity index (χ1v) is 9.83. The molecular weight excluding hydrogens is 413 g/mol. The van der Waals surface area contributed by atoms with Crippen molar-refractivity contribution in [2.75, 3.05) is 16.4 Å². The van der Waals surface area contributed by atoms with E-state index < -0.39 is 23.4 Å². The second kappa shape index (κ2) is 9.38. The number of hydrogen-bond donors (Lipinski definition) is 3. The number of anilines is 3. The quantitative estimate of drug-likeness (QED) is 0.438. The topological polar surface area (TPSA) is 103 Å². The zero-order valence-corrected chi connectivity index (χ0v) is 17.9. The van der Waals surface area contributed by atoms with Gasteiger partial charge in [0.15, 0.2) is 0 Å². The highest BCUT2D eigenvalue weighted by Crippen LogP contribution is 2.29. The van der Waals surface area contributed by atoms with Gasteiger partial charge in [-0.3, -0.25) is 10.1 Å². The van der Waals surface area contributed by atoms with Gasteiger partial charge < -0.3 is 20.5 Å². The molecule has 0 aromatic heterocycles. The smallest absolute Gasteiger partial charge is 0.412 e. The summed E-state index contributed by atoms with van der Waals surface area (Å²) < 4.78 is 24.3. The number of amides is 2. The number of nitrogens with two attached hydrogens (primary N) is 1. The Hall–Kier alpha value is -4.07. The highest BCUT2D eigenvalue weighted by molar-refractivity contribution is 6.05. The van der Waals surface area contributed by atoms with Gasteiger partial charge in [-0.05, 0) is 81.4 Å². The number of nitrogen functional groups attached to an aromatic ring is 1. The van der Waals surface area contributed by atoms with Crippen LogP contribution in [0.25, 0.3) is 0 Å². The summed E-state index contributed by atoms with van der Waals surface area (Å²) in [5.41, 5.74) is 6.89. The van der Waals surface area contributed by atoms with E-state index in [-0.39, 0.29) is 5.69 Å². The monoisotopic (exact) mass is 437 g/mol. The van der Waals surface area contributed by atoms with Crippen LogP contribution in [0.15, 0.2) is 66.7 Å². The normalized spacial score (nSPS) is 10.9. The van der Waals surface area contributed by atoms with Gasteiger partial charge in [0, 0.05) is 16.9 Å². The van der Waals surface area contributed by atoms with Crippen LogP contribution in [0.3, 0.4) is 0 Å². The summed E-state index contributed by atoms with van der Waals surface area (Å²) in [5, 5.41) is 5.25. The number of ether oxygens (including phenoxy) is 2. The molecule has 0 saturated carbocycles. The van der Waals surface area contributed by atoms with Crippen molar-refractivity contribution in [1.29, 1.82) is 0 Å². The molecule has 0 radical (unpaired) electrons. The van der Waals surface area contributed by atoms with Crippen LogP contribution in [0.2, 0.25) is 0 Å². The van der Waals surface area contributed by atoms with E-state index in [0.29, 0.717) is 28.4 Å². The highest BCUT2D eigenvalue weighted by Gasteiger charge is 2.16. The van der Waals surface area contributed by atoms with Crippen molar-refractivity contribution in [1.82, 2.24) is 0 Å². The molecule has 0 spiro atoms. The molecule has 3 aromatic carbocycles. The van der Waals surface area contributed by atoms with Crippen molar-refractivity contribution in [3.63, 3.8) is 0 Å². The molecule has 0 heterocycles. The van der Waals surface area contributed by atoms with Crippen LogP contribution >= 0.6 is 0 Å². The molecular formula is C24H24FN3O4. The number of carbonyl (C=O) groups is 2. The van der Waals surface area contributed by atoms with Crippen LogP contribution in [-0.2, 0) is 4.74 Å². The van der Waals surface area contributed by atoms with E-state index in [1.54, 1.807) is 63.2 Å². The molecule has 3 rings (SSSR count). The van der Waals surface area contributed by atoms with E-state index in [0.717, 1.165) is 0 Å². The summed E-state index contributed by atoms with van der Waals surface area (Å²) in [6.07, 6.45) is -0.553. The van der Waals surface area contributed by atoms with Gasteiger partial charge in [-0.25, -0.2) is 9.18 Å². The standard InChI is InChI=1S/C24H24FN3O4/c1-24(2,3)32-23(30)28-17-8-10-19(11-9-17)31-21-12-7-15(13-20(21)26)22(29)27-18-6-4-5-16(25)14-18/h4-14H,26H2,1-3H3,(H,27,29)(H,28,30). The average molecular weight is 437 g/mol. The second-order valence-corrected chi connectivity index (χ2v) is 7.97. The molecule has 3 aromatic rings. The fraction of sp³-hybridized carbons (Fsp3) is 0.167. The van der Waals surface area contributed by atoms with Gasteiger partial charge >= 0.3 is 6.09 Å². The summed E-state index contributed by atoms with van der Waals surface area (Å²) in [7, 11) is 0. The minimum absolute atomic E-state index is 0.257. The molecule has 166 valence electrons. The minimum Gasteiger partial charge on any atom is -0.455 e. The van der Waals surface area contributed by atoms with E-state index in [1.165, 1.54) is 24.3 Å². The van der Waals surface area contributed by atoms with E-state index in [2.05, 4.69) is 10.6 Å². The lowest BCUT2D eigenvalue weighted by atomic mass is 10.1. The Labute approximate surface area is 185 Å². The molecule has 2 amide bonds. The lowest BCUT2D eigenvalue weighted by molar-refractivity contribution is 0.0635. The van der Waals surface area contributed by atoms with Crippen molar-refractivity contribution in [2.45, 2.75) is 26.4 Å². The summed E-state index contributed by atoms with van der Waals surface area (Å²) in [6.45, 7) is 5.35. The Bertz CT molecular complexity index is 1120. The van der Waals surface area contributed by atoms with Gasteiger partial charge in [0.1, 0.15) is 22.9 Å². The third kappa shape index (κ3) is 6.46. The molecule has 32 heavy (non-hydrogen) atoms. The first-order chi connectivity index (χ1) is 15.1. The van der Waals surface area contributed by atoms with Crippen LogP contribution in [0.1, 0.15) is 31.1 Å². The maximum atomic E-state index is 13.3. The fourth-order valence-electron chi connectivity index (χ4n) is 2.71. The van der Waals surface area contributed by atoms with Crippen LogP contribution in [0.4, 0.5) is 26.2 Å². The van der Waals surface area contributed by atoms with Gasteiger partial charge in [-0.15, -0.1) is 0 Å². The third-order valence-corrected chi connectivity index (χ3v) is 4.08. The predicted octanol–water partition coefficient (Wildman–Crippen LogP) is 5.80. The van der Waals surface area contributed by atoms with Gasteiger partial charge in [-0.1, -0.05) is 6.07 Å². The molecule has 0 aliphatic heterocycles. The van der Waals surface area contributed by atoms with E-state index in [9.17, 15) is 14.0 Å². The lowest BCUT2D eigenvalue weighted by Gasteiger charge is -2.19. The van der Waals surface area contributed by atoms with Crippen molar-refractivity contribution in [2.24, 2.45) is 0 Å². The number of hydrogen-bond acceptors (Lipinski definition) is 5. The third-order valence-electron chi connectivity index (χ3n) is 4.08. The number of nitrogens with one attached hydrogen (secondary N) is 2. The zero-order chi connectivity index (χ0) is 23.3. The number of rotatable bonds is 5. The summed E-state index contributed by atoms with van der Waals surface area (Å²) in [5.74, 6) is -0.0200. The van der Waals surface area contributed by atoms with Crippen LogP contribution in [0.5, 0.6) is 11.5 Å². The van der Waals surface area contributed by atoms with Crippen LogP contribution in [0, 0.1) is 5.82 Å². The largest absolute Gasteiger partial charge is 0.455 e. The van der Waals surface area contributed by atoms with Gasteiger partial charge in [-0.2, -0.15) is 0 Å². The maximum absolute atomic E-state index is 13.3. The first kappa shape index (κ1) is 22.6. The van der Waals surface area contributed by atoms with Gasteiger partial charge in [0.2, 0.25) is 0 Å².